The van der Waals surface area contributed by atoms with Crippen LogP contribution in [0.4, 0.5) is 13.6 Å². The van der Waals surface area contributed by atoms with E-state index in [0.29, 0.717) is 0 Å². The van der Waals surface area contributed by atoms with E-state index in [0.717, 1.165) is 5.56 Å². The van der Waals surface area contributed by atoms with Crippen LogP contribution in [0.5, 0.6) is 0 Å². The largest absolute Gasteiger partial charge is 0.445 e. The van der Waals surface area contributed by atoms with Crippen LogP contribution in [0.2, 0.25) is 0 Å². The van der Waals surface area contributed by atoms with Crippen molar-refractivity contribution in [2.24, 2.45) is 5.92 Å². The number of alkyl carbamates (subject to hydrolysis) is 1. The lowest BCUT2D eigenvalue weighted by Gasteiger charge is -2.37. The van der Waals surface area contributed by atoms with Gasteiger partial charge in [-0.1, -0.05) is 30.3 Å². The molecule has 2 rings (SSSR count). The molecular weight excluding hydrogens is 304 g/mol. The van der Waals surface area contributed by atoms with Gasteiger partial charge in [0, 0.05) is 19.4 Å². The third-order valence-electron chi connectivity index (χ3n) is 4.40. The van der Waals surface area contributed by atoms with Gasteiger partial charge in [-0.05, 0) is 31.2 Å². The molecule has 4 nitrogen and oxygen atoms in total. The number of alkyl halides is 2. The number of hydrogen-bond acceptors (Lipinski definition) is 3. The molecule has 1 atom stereocenters. The Morgan fingerprint density at radius 2 is 1.96 bits per heavy atom. The van der Waals surface area contributed by atoms with Crippen molar-refractivity contribution in [2.75, 3.05) is 6.54 Å². The predicted molar refractivity (Wildman–Crippen MR) is 82.2 cm³/mol. The number of ether oxygens (including phenoxy) is 1. The smallest absolute Gasteiger partial charge is 0.407 e. The van der Waals surface area contributed by atoms with Crippen molar-refractivity contribution in [3.8, 4) is 0 Å². The van der Waals surface area contributed by atoms with Crippen LogP contribution in [-0.4, -0.2) is 29.3 Å². The minimum absolute atomic E-state index is 0.0170. The van der Waals surface area contributed by atoms with Gasteiger partial charge < -0.3 is 15.2 Å². The van der Waals surface area contributed by atoms with Crippen LogP contribution >= 0.6 is 0 Å². The van der Waals surface area contributed by atoms with E-state index in [1.54, 1.807) is 6.92 Å². The van der Waals surface area contributed by atoms with Gasteiger partial charge in [-0.3, -0.25) is 0 Å². The van der Waals surface area contributed by atoms with Crippen molar-refractivity contribution in [1.29, 1.82) is 0 Å². The number of hydrogen-bond donors (Lipinski definition) is 2. The topological polar surface area (TPSA) is 58.6 Å². The van der Waals surface area contributed by atoms with E-state index in [-0.39, 0.29) is 44.8 Å². The zero-order chi connectivity index (χ0) is 16.9. The second-order valence-electron chi connectivity index (χ2n) is 6.40. The Morgan fingerprint density at radius 1 is 1.35 bits per heavy atom. The Balaban J connectivity index is 1.74. The quantitative estimate of drug-likeness (QED) is 0.870. The van der Waals surface area contributed by atoms with Crippen molar-refractivity contribution >= 4 is 6.09 Å². The van der Waals surface area contributed by atoms with Crippen molar-refractivity contribution in [1.82, 2.24) is 5.32 Å². The number of aliphatic hydroxyl groups is 1. The summed E-state index contributed by atoms with van der Waals surface area (Å²) in [5.74, 6) is -2.88. The molecular formula is C17H23F2NO3. The van der Waals surface area contributed by atoms with E-state index in [9.17, 15) is 18.7 Å². The fourth-order valence-electron chi connectivity index (χ4n) is 2.83. The lowest BCUT2D eigenvalue weighted by atomic mass is 9.76. The Bertz CT molecular complexity index is 510. The summed E-state index contributed by atoms with van der Waals surface area (Å²) < 4.78 is 31.4. The number of carbonyl (C=O) groups excluding carboxylic acids is 1. The summed E-state index contributed by atoms with van der Waals surface area (Å²) in [6.07, 6.45) is -0.560. The highest BCUT2D eigenvalue weighted by atomic mass is 19.3. The van der Waals surface area contributed by atoms with Gasteiger partial charge in [0.25, 0.3) is 0 Å². The van der Waals surface area contributed by atoms with Gasteiger partial charge in [-0.15, -0.1) is 0 Å². The minimum Gasteiger partial charge on any atom is -0.445 e. The molecule has 1 aliphatic carbocycles. The Labute approximate surface area is 134 Å². The fraction of sp³-hybridized carbons (Fsp3) is 0.588. The van der Waals surface area contributed by atoms with Crippen LogP contribution < -0.4 is 5.32 Å². The molecule has 0 radical (unpaired) electrons. The zero-order valence-electron chi connectivity index (χ0n) is 13.2. The van der Waals surface area contributed by atoms with Gasteiger partial charge in [-0.2, -0.15) is 0 Å². The first-order valence-corrected chi connectivity index (χ1v) is 7.83. The molecule has 1 aliphatic rings. The fourth-order valence-corrected chi connectivity index (χ4v) is 2.83. The predicted octanol–water partition coefficient (Wildman–Crippen LogP) is 3.49. The molecule has 0 heterocycles. The molecule has 1 unspecified atom stereocenters. The van der Waals surface area contributed by atoms with E-state index in [2.05, 4.69) is 5.32 Å². The van der Waals surface area contributed by atoms with Gasteiger partial charge >= 0.3 is 6.09 Å². The van der Waals surface area contributed by atoms with E-state index in [1.807, 2.05) is 30.3 Å². The molecule has 1 aromatic carbocycles. The second kappa shape index (κ2) is 7.25. The van der Waals surface area contributed by atoms with Crippen LogP contribution in [-0.2, 0) is 11.3 Å². The molecule has 0 spiro atoms. The van der Waals surface area contributed by atoms with Crippen LogP contribution in [0.25, 0.3) is 0 Å². The molecule has 6 heteroatoms. The summed E-state index contributed by atoms with van der Waals surface area (Å²) in [7, 11) is 0. The van der Waals surface area contributed by atoms with E-state index in [1.165, 1.54) is 0 Å². The second-order valence-corrected chi connectivity index (χ2v) is 6.40. The van der Waals surface area contributed by atoms with E-state index < -0.39 is 17.6 Å². The number of rotatable bonds is 5. The summed E-state index contributed by atoms with van der Waals surface area (Å²) in [6, 6.07) is 9.24. The van der Waals surface area contributed by atoms with Crippen molar-refractivity contribution in [3.63, 3.8) is 0 Å². The standard InChI is InChI=1S/C17H23F2NO3/c1-16(22,14-7-9-17(18,19)10-8-14)12-20-15(21)23-11-13-5-3-2-4-6-13/h2-6,14,22H,7-12H2,1H3,(H,20,21). The molecule has 0 aliphatic heterocycles. The van der Waals surface area contributed by atoms with Crippen molar-refractivity contribution in [3.05, 3.63) is 35.9 Å². The Hall–Kier alpha value is -1.69. The van der Waals surface area contributed by atoms with Crippen molar-refractivity contribution < 1.29 is 23.4 Å². The molecule has 1 saturated carbocycles. The van der Waals surface area contributed by atoms with Crippen molar-refractivity contribution in [2.45, 2.75) is 50.7 Å². The summed E-state index contributed by atoms with van der Waals surface area (Å²) in [6.45, 7) is 1.69. The van der Waals surface area contributed by atoms with Gasteiger partial charge in [0.15, 0.2) is 0 Å². The molecule has 1 amide bonds. The molecule has 0 aromatic heterocycles. The van der Waals surface area contributed by atoms with E-state index in [4.69, 9.17) is 4.74 Å². The summed E-state index contributed by atoms with van der Waals surface area (Å²) in [4.78, 5) is 11.7. The first kappa shape index (κ1) is 17.7. The number of benzene rings is 1. The monoisotopic (exact) mass is 327 g/mol. The Kier molecular flexibility index (Phi) is 5.57. The lowest BCUT2D eigenvalue weighted by Crippen LogP contribution is -2.48. The first-order valence-electron chi connectivity index (χ1n) is 7.83. The average molecular weight is 327 g/mol. The normalized spacial score (nSPS) is 20.5. The van der Waals surface area contributed by atoms with Crippen LogP contribution in [0.1, 0.15) is 38.2 Å². The maximum Gasteiger partial charge on any atom is 0.407 e. The first-order chi connectivity index (χ1) is 10.8. The van der Waals surface area contributed by atoms with Crippen LogP contribution in [0.3, 0.4) is 0 Å². The average Bonchev–Trinajstić information content (AvgIpc) is 2.51. The molecule has 0 bridgehead atoms. The summed E-state index contributed by atoms with van der Waals surface area (Å²) in [5.41, 5.74) is -0.355. The van der Waals surface area contributed by atoms with Gasteiger partial charge in [0.2, 0.25) is 5.92 Å². The molecule has 0 saturated heterocycles. The minimum atomic E-state index is -2.63. The highest BCUT2D eigenvalue weighted by Crippen LogP contribution is 2.40. The van der Waals surface area contributed by atoms with E-state index >= 15 is 0 Å². The molecule has 1 fully saturated rings. The third kappa shape index (κ3) is 5.46. The third-order valence-corrected chi connectivity index (χ3v) is 4.40. The summed E-state index contributed by atoms with van der Waals surface area (Å²) >= 11 is 0. The summed E-state index contributed by atoms with van der Waals surface area (Å²) in [5, 5.41) is 12.9. The Morgan fingerprint density at radius 3 is 2.57 bits per heavy atom. The SMILES string of the molecule is CC(O)(CNC(=O)OCc1ccccc1)C1CCC(F)(F)CC1. The highest BCUT2D eigenvalue weighted by molar-refractivity contribution is 5.67. The maximum atomic E-state index is 13.2. The zero-order valence-corrected chi connectivity index (χ0v) is 13.2. The molecule has 128 valence electrons. The number of halogens is 2. The molecule has 1 aromatic rings. The highest BCUT2D eigenvalue weighted by Gasteiger charge is 2.41. The van der Waals surface area contributed by atoms with Gasteiger partial charge in [0.05, 0.1) is 5.60 Å². The number of carbonyl (C=O) groups is 1. The van der Waals surface area contributed by atoms with Gasteiger partial charge in [0.1, 0.15) is 6.61 Å². The maximum absolute atomic E-state index is 13.2. The molecule has 23 heavy (non-hydrogen) atoms. The van der Waals surface area contributed by atoms with Crippen LogP contribution in [0.15, 0.2) is 30.3 Å². The molecule has 2 N–H and O–H groups in total. The number of nitrogens with one attached hydrogen (secondary N) is 1. The van der Waals surface area contributed by atoms with Gasteiger partial charge in [-0.25, -0.2) is 13.6 Å². The lowest BCUT2D eigenvalue weighted by molar-refractivity contribution is -0.0865. The van der Waals surface area contributed by atoms with Crippen LogP contribution in [0, 0.1) is 5.92 Å². The number of amides is 1.